The van der Waals surface area contributed by atoms with Crippen LogP contribution in [-0.2, 0) is 5.41 Å². The van der Waals surface area contributed by atoms with Gasteiger partial charge >= 0.3 is 0 Å². The summed E-state index contributed by atoms with van der Waals surface area (Å²) in [6, 6.07) is 0. The van der Waals surface area contributed by atoms with E-state index in [4.69, 9.17) is 10.7 Å². The summed E-state index contributed by atoms with van der Waals surface area (Å²) in [5.41, 5.74) is 7.05. The normalized spacial score (nSPS) is 16.6. The highest BCUT2D eigenvalue weighted by atomic mass is 127. The summed E-state index contributed by atoms with van der Waals surface area (Å²) in [5, 5.41) is 0. The van der Waals surface area contributed by atoms with Crippen molar-refractivity contribution >= 4 is 34.4 Å². The van der Waals surface area contributed by atoms with Crippen molar-refractivity contribution in [2.24, 2.45) is 0 Å². The first kappa shape index (κ1) is 12.9. The van der Waals surface area contributed by atoms with Crippen molar-refractivity contribution in [2.75, 3.05) is 23.7 Å². The van der Waals surface area contributed by atoms with Crippen LogP contribution in [0.3, 0.4) is 0 Å². The molecule has 0 aromatic carbocycles. The van der Waals surface area contributed by atoms with Gasteiger partial charge in [0.25, 0.3) is 0 Å². The van der Waals surface area contributed by atoms with E-state index in [1.165, 1.54) is 12.8 Å². The molecule has 1 aromatic rings. The van der Waals surface area contributed by atoms with E-state index >= 15 is 0 Å². The Morgan fingerprint density at radius 2 is 1.76 bits per heavy atom. The molecule has 0 atom stereocenters. The lowest BCUT2D eigenvalue weighted by molar-refractivity contribution is 0.562. The molecule has 1 aromatic heterocycles. The average Bonchev–Trinajstić information content (AvgIpc) is 2.73. The minimum Gasteiger partial charge on any atom is -0.383 e. The van der Waals surface area contributed by atoms with Crippen LogP contribution in [-0.4, -0.2) is 23.1 Å². The molecular weight excluding hydrogens is 327 g/mol. The zero-order valence-electron chi connectivity index (χ0n) is 10.6. The van der Waals surface area contributed by atoms with Gasteiger partial charge in [0.05, 0.1) is 9.26 Å². The highest BCUT2D eigenvalue weighted by Gasteiger charge is 2.24. The van der Waals surface area contributed by atoms with Crippen molar-refractivity contribution in [3.63, 3.8) is 0 Å². The van der Waals surface area contributed by atoms with Crippen LogP contribution in [0.1, 0.15) is 39.3 Å². The number of aromatic nitrogens is 2. The van der Waals surface area contributed by atoms with Gasteiger partial charge in [0.15, 0.2) is 0 Å². The third-order valence-corrected chi connectivity index (χ3v) is 4.03. The fraction of sp³-hybridized carbons (Fsp3) is 0.667. The van der Waals surface area contributed by atoms with Gasteiger partial charge in [-0.1, -0.05) is 20.8 Å². The quantitative estimate of drug-likeness (QED) is 0.794. The lowest BCUT2D eigenvalue weighted by Gasteiger charge is -2.23. The zero-order valence-corrected chi connectivity index (χ0v) is 12.8. The predicted molar refractivity (Wildman–Crippen MR) is 79.3 cm³/mol. The summed E-state index contributed by atoms with van der Waals surface area (Å²) < 4.78 is 0.984. The molecule has 0 unspecified atom stereocenters. The molecule has 1 fully saturated rings. The molecule has 17 heavy (non-hydrogen) atoms. The van der Waals surface area contributed by atoms with Gasteiger partial charge in [0.1, 0.15) is 5.82 Å². The maximum absolute atomic E-state index is 6.00. The molecule has 2 heterocycles. The molecule has 1 aliphatic heterocycles. The van der Waals surface area contributed by atoms with E-state index in [1.54, 1.807) is 0 Å². The second-order valence-corrected chi connectivity index (χ2v) is 6.59. The molecule has 1 aliphatic rings. The molecule has 5 heteroatoms. The van der Waals surface area contributed by atoms with Crippen molar-refractivity contribution in [2.45, 2.75) is 39.0 Å². The van der Waals surface area contributed by atoms with Gasteiger partial charge in [-0.05, 0) is 35.4 Å². The topological polar surface area (TPSA) is 55.0 Å². The van der Waals surface area contributed by atoms with Gasteiger partial charge in [-0.15, -0.1) is 0 Å². The number of rotatable bonds is 1. The third kappa shape index (κ3) is 2.64. The van der Waals surface area contributed by atoms with Gasteiger partial charge in [-0.2, -0.15) is 4.98 Å². The van der Waals surface area contributed by atoms with Gasteiger partial charge in [0.2, 0.25) is 5.95 Å². The lowest BCUT2D eigenvalue weighted by Crippen LogP contribution is -2.25. The standard InChI is InChI=1S/C12H19IN4/c1-12(2,3)9-8(13)10(14)16-11(15-9)17-6-4-5-7-17/h4-7H2,1-3H3,(H2,14,15,16). The van der Waals surface area contributed by atoms with Gasteiger partial charge in [-0.25, -0.2) is 4.98 Å². The predicted octanol–water partition coefficient (Wildman–Crippen LogP) is 2.56. The largest absolute Gasteiger partial charge is 0.383 e. The second-order valence-electron chi connectivity index (χ2n) is 5.52. The van der Waals surface area contributed by atoms with Crippen LogP contribution in [0.5, 0.6) is 0 Å². The number of hydrogen-bond donors (Lipinski definition) is 1. The van der Waals surface area contributed by atoms with E-state index in [9.17, 15) is 0 Å². The number of nitrogen functional groups attached to an aromatic ring is 1. The SMILES string of the molecule is CC(C)(C)c1nc(N2CCCC2)nc(N)c1I. The maximum atomic E-state index is 6.00. The van der Waals surface area contributed by atoms with Crippen LogP contribution in [0.2, 0.25) is 0 Å². The Hall–Kier alpha value is -0.590. The van der Waals surface area contributed by atoms with Crippen molar-refractivity contribution in [3.8, 4) is 0 Å². The summed E-state index contributed by atoms with van der Waals surface area (Å²) in [5.74, 6) is 1.40. The molecule has 2 N–H and O–H groups in total. The van der Waals surface area contributed by atoms with E-state index in [2.05, 4.69) is 53.2 Å². The van der Waals surface area contributed by atoms with Gasteiger partial charge in [-0.3, -0.25) is 0 Å². The van der Waals surface area contributed by atoms with E-state index in [0.717, 1.165) is 28.3 Å². The Morgan fingerprint density at radius 1 is 1.18 bits per heavy atom. The fourth-order valence-corrected chi connectivity index (χ4v) is 3.06. The molecule has 94 valence electrons. The monoisotopic (exact) mass is 346 g/mol. The number of halogens is 1. The van der Waals surface area contributed by atoms with E-state index in [1.807, 2.05) is 0 Å². The molecule has 2 rings (SSSR count). The summed E-state index contributed by atoms with van der Waals surface area (Å²) in [6.07, 6.45) is 2.44. The van der Waals surface area contributed by atoms with Crippen molar-refractivity contribution < 1.29 is 0 Å². The molecule has 0 radical (unpaired) electrons. The summed E-state index contributed by atoms with van der Waals surface area (Å²) in [6.45, 7) is 8.56. The highest BCUT2D eigenvalue weighted by molar-refractivity contribution is 14.1. The number of hydrogen-bond acceptors (Lipinski definition) is 4. The van der Waals surface area contributed by atoms with Crippen molar-refractivity contribution in [1.82, 2.24) is 9.97 Å². The number of nitrogens with zero attached hydrogens (tertiary/aromatic N) is 3. The molecule has 1 saturated heterocycles. The van der Waals surface area contributed by atoms with E-state index in [-0.39, 0.29) is 5.41 Å². The van der Waals surface area contributed by atoms with Crippen LogP contribution in [0, 0.1) is 3.57 Å². The molecule has 0 spiro atoms. The summed E-state index contributed by atoms with van der Waals surface area (Å²) in [7, 11) is 0. The summed E-state index contributed by atoms with van der Waals surface area (Å²) >= 11 is 2.24. The molecule has 4 nitrogen and oxygen atoms in total. The van der Waals surface area contributed by atoms with Crippen molar-refractivity contribution in [3.05, 3.63) is 9.26 Å². The first-order chi connectivity index (χ1) is 7.89. The fourth-order valence-electron chi connectivity index (χ4n) is 2.01. The van der Waals surface area contributed by atoms with E-state index in [0.29, 0.717) is 5.82 Å². The smallest absolute Gasteiger partial charge is 0.227 e. The zero-order chi connectivity index (χ0) is 12.6. The van der Waals surface area contributed by atoms with Gasteiger partial charge < -0.3 is 10.6 Å². The molecule has 0 bridgehead atoms. The van der Waals surface area contributed by atoms with Crippen molar-refractivity contribution in [1.29, 1.82) is 0 Å². The summed E-state index contributed by atoms with van der Waals surface area (Å²) in [4.78, 5) is 11.4. The van der Waals surface area contributed by atoms with Crippen LogP contribution in [0.4, 0.5) is 11.8 Å². The molecule has 0 aliphatic carbocycles. The van der Waals surface area contributed by atoms with Crippen LogP contribution in [0.15, 0.2) is 0 Å². The van der Waals surface area contributed by atoms with Crippen LogP contribution >= 0.6 is 22.6 Å². The average molecular weight is 346 g/mol. The van der Waals surface area contributed by atoms with Crippen LogP contribution < -0.4 is 10.6 Å². The second kappa shape index (κ2) is 4.59. The maximum Gasteiger partial charge on any atom is 0.227 e. The molecule has 0 amide bonds. The first-order valence-electron chi connectivity index (χ1n) is 5.98. The van der Waals surface area contributed by atoms with E-state index < -0.39 is 0 Å². The lowest BCUT2D eigenvalue weighted by atomic mass is 9.92. The highest BCUT2D eigenvalue weighted by Crippen LogP contribution is 2.30. The Kier molecular flexibility index (Phi) is 3.47. The Balaban J connectivity index is 2.45. The molecular formula is C12H19IN4. The minimum atomic E-state index is 0.00204. The Morgan fingerprint density at radius 3 is 2.29 bits per heavy atom. The Labute approximate surface area is 116 Å². The van der Waals surface area contributed by atoms with Gasteiger partial charge in [0, 0.05) is 18.5 Å². The first-order valence-corrected chi connectivity index (χ1v) is 7.06. The van der Waals surface area contributed by atoms with Crippen LogP contribution in [0.25, 0.3) is 0 Å². The third-order valence-electron chi connectivity index (χ3n) is 2.96. The Bertz CT molecular complexity index is 419. The number of anilines is 2. The minimum absolute atomic E-state index is 0.00204. The molecule has 0 saturated carbocycles. The number of nitrogens with two attached hydrogens (primary N) is 1.